The zero-order chi connectivity index (χ0) is 15.2. The Bertz CT molecular complexity index is 628. The molecule has 3 aliphatic rings. The van der Waals surface area contributed by atoms with E-state index in [0.29, 0.717) is 5.55 Å². The van der Waals surface area contributed by atoms with Crippen molar-refractivity contribution in [1.82, 2.24) is 0 Å². The third-order valence-corrected chi connectivity index (χ3v) is 6.13. The lowest BCUT2D eigenvalue weighted by Gasteiger charge is -2.64. The van der Waals surface area contributed by atoms with Crippen LogP contribution >= 0.6 is 9.42 Å². The molecule has 0 aromatic heterocycles. The van der Waals surface area contributed by atoms with Crippen molar-refractivity contribution in [3.05, 3.63) is 35.9 Å². The molecule has 0 aromatic rings. The molecule has 0 fully saturated rings. The second-order valence-electron chi connectivity index (χ2n) is 4.13. The van der Waals surface area contributed by atoms with E-state index in [4.69, 9.17) is 16.7 Å². The Morgan fingerprint density at radius 2 is 1.10 bits per heavy atom. The van der Waals surface area contributed by atoms with E-state index in [-0.39, 0.29) is 0 Å². The van der Waals surface area contributed by atoms with Crippen molar-refractivity contribution in [2.24, 2.45) is 4.99 Å². The van der Waals surface area contributed by atoms with Crippen molar-refractivity contribution < 1.29 is 35.9 Å². The molecule has 0 aliphatic carbocycles. The van der Waals surface area contributed by atoms with Crippen molar-refractivity contribution in [2.75, 3.05) is 0 Å². The highest BCUT2D eigenvalue weighted by molar-refractivity contribution is 8.63. The Morgan fingerprint density at radius 1 is 0.714 bits per heavy atom. The quantitative estimate of drug-likeness (QED) is 0.628. The van der Waals surface area contributed by atoms with Crippen LogP contribution in [0.2, 0.25) is 0 Å². The van der Waals surface area contributed by atoms with Gasteiger partial charge < -0.3 is 16.7 Å². The molecule has 3 heterocycles. The number of rotatable bonds is 0. The molecule has 110 valence electrons. The first-order valence-electron chi connectivity index (χ1n) is 5.44. The van der Waals surface area contributed by atoms with Crippen LogP contribution in [-0.2, 0) is 35.9 Å². The third kappa shape index (κ3) is 1.69. The first-order chi connectivity index (χ1) is 9.81. The van der Waals surface area contributed by atoms with Gasteiger partial charge in [-0.25, -0.2) is 24.2 Å². The standard InChI is InChI=1S/C11H7NO8S/c13-8-1-2-9(14)18-21(17-8,6-5-12-7-21)19-10(15)3-4-11(16)20-21/h1-7H. The molecule has 0 saturated carbocycles. The van der Waals surface area contributed by atoms with Gasteiger partial charge in [-0.3, -0.25) is 0 Å². The number of carbonyl (C=O) groups is 4. The van der Waals surface area contributed by atoms with E-state index in [1.165, 1.54) is 0 Å². The molecule has 10 heteroatoms. The maximum absolute atomic E-state index is 11.8. The summed E-state index contributed by atoms with van der Waals surface area (Å²) in [5.74, 6) is -4.43. The van der Waals surface area contributed by atoms with Crippen LogP contribution in [-0.4, -0.2) is 29.4 Å². The largest absolute Gasteiger partial charge is 0.348 e. The van der Waals surface area contributed by atoms with E-state index in [2.05, 4.69) is 4.99 Å². The van der Waals surface area contributed by atoms with Crippen molar-refractivity contribution in [2.45, 2.75) is 0 Å². The maximum atomic E-state index is 11.8. The van der Waals surface area contributed by atoms with Gasteiger partial charge in [-0.2, -0.15) is 0 Å². The van der Waals surface area contributed by atoms with Gasteiger partial charge in [-0.15, -0.1) is 0 Å². The van der Waals surface area contributed by atoms with Gasteiger partial charge in [0.15, 0.2) is 5.55 Å². The normalized spacial score (nSPS) is 30.1. The maximum Gasteiger partial charge on any atom is 0.348 e. The number of carbonyl (C=O) groups excluding carboxylic acids is 4. The van der Waals surface area contributed by atoms with Crippen LogP contribution in [0, 0.1) is 0 Å². The predicted molar refractivity (Wildman–Crippen MR) is 67.9 cm³/mol. The van der Waals surface area contributed by atoms with Crippen molar-refractivity contribution >= 4 is 38.8 Å². The van der Waals surface area contributed by atoms with Crippen LogP contribution in [0.3, 0.4) is 0 Å². The molecular weight excluding hydrogens is 306 g/mol. The summed E-state index contributed by atoms with van der Waals surface area (Å²) in [6, 6.07) is 0. The van der Waals surface area contributed by atoms with Crippen LogP contribution in [0.4, 0.5) is 0 Å². The van der Waals surface area contributed by atoms with Crippen molar-refractivity contribution in [3.8, 4) is 0 Å². The second-order valence-corrected chi connectivity index (χ2v) is 7.91. The Balaban J connectivity index is 2.33. The molecule has 0 radical (unpaired) electrons. The molecule has 0 N–H and O–H groups in total. The van der Waals surface area contributed by atoms with Crippen LogP contribution < -0.4 is 0 Å². The van der Waals surface area contributed by atoms with E-state index in [1.807, 2.05) is 0 Å². The highest BCUT2D eigenvalue weighted by atomic mass is 32.4. The van der Waals surface area contributed by atoms with Crippen LogP contribution in [0.15, 0.2) is 40.9 Å². The molecule has 0 saturated heterocycles. The fourth-order valence-electron chi connectivity index (χ4n) is 1.84. The molecule has 1 spiro atoms. The SMILES string of the molecule is O=C1C=CC(=O)OS23(C=CN=C2)(O1)OC(=O)C=CC(=O)O3. The van der Waals surface area contributed by atoms with Gasteiger partial charge >= 0.3 is 23.9 Å². The summed E-state index contributed by atoms with van der Waals surface area (Å²) in [4.78, 5) is 50.7. The summed E-state index contributed by atoms with van der Waals surface area (Å²) in [6.07, 6.45) is 4.01. The molecule has 0 amide bonds. The zero-order valence-electron chi connectivity index (χ0n) is 10.2. The number of nitrogens with zero attached hydrogens (tertiary/aromatic N) is 1. The molecule has 3 aliphatic heterocycles. The molecule has 3 rings (SSSR count). The summed E-state index contributed by atoms with van der Waals surface area (Å²) < 4.78 is 20.2. The molecule has 0 bridgehead atoms. The number of hydrogen-bond donors (Lipinski definition) is 0. The fourth-order valence-corrected chi connectivity index (χ4v) is 4.97. The first kappa shape index (κ1) is 13.1. The minimum atomic E-state index is -5.81. The van der Waals surface area contributed by atoms with Crippen LogP contribution in [0.1, 0.15) is 0 Å². The molecule has 0 atom stereocenters. The molecule has 21 heavy (non-hydrogen) atoms. The van der Waals surface area contributed by atoms with Gasteiger partial charge in [0.25, 0.3) is 0 Å². The monoisotopic (exact) mass is 313 g/mol. The zero-order valence-corrected chi connectivity index (χ0v) is 11.0. The van der Waals surface area contributed by atoms with Crippen LogP contribution in [0.25, 0.3) is 0 Å². The summed E-state index contributed by atoms with van der Waals surface area (Å²) >= 11 is 0. The highest BCUT2D eigenvalue weighted by Gasteiger charge is 2.72. The lowest BCUT2D eigenvalue weighted by molar-refractivity contribution is -0.141. The molecular formula is C11H7NO8S. The van der Waals surface area contributed by atoms with E-state index in [1.54, 1.807) is 0 Å². The van der Waals surface area contributed by atoms with Crippen molar-refractivity contribution in [1.29, 1.82) is 0 Å². The Morgan fingerprint density at radius 3 is 1.38 bits per heavy atom. The predicted octanol–water partition coefficient (Wildman–Crippen LogP) is 0.348. The van der Waals surface area contributed by atoms with Gasteiger partial charge in [0.2, 0.25) is 9.42 Å². The molecule has 0 unspecified atom stereocenters. The van der Waals surface area contributed by atoms with E-state index in [9.17, 15) is 19.2 Å². The second kappa shape index (κ2) is 3.41. The Labute approximate surface area is 116 Å². The fraction of sp³-hybridized carbons (Fsp3) is 0. The molecule has 0 aromatic carbocycles. The van der Waals surface area contributed by atoms with Crippen molar-refractivity contribution in [3.63, 3.8) is 0 Å². The summed E-state index contributed by atoms with van der Waals surface area (Å²) in [5, 5.41) is 0.853. The van der Waals surface area contributed by atoms with Crippen LogP contribution in [0.5, 0.6) is 0 Å². The Kier molecular flexibility index (Phi) is 2.13. The lowest BCUT2D eigenvalue weighted by atomic mass is 10.5. The minimum Gasteiger partial charge on any atom is -0.337 e. The lowest BCUT2D eigenvalue weighted by Crippen LogP contribution is -2.46. The number of aliphatic imine (C=N–C) groups is 1. The third-order valence-electron chi connectivity index (χ3n) is 2.57. The van der Waals surface area contributed by atoms with E-state index >= 15 is 0 Å². The average molecular weight is 313 g/mol. The van der Waals surface area contributed by atoms with Gasteiger partial charge in [0.1, 0.15) is 0 Å². The highest BCUT2D eigenvalue weighted by Crippen LogP contribution is 2.93. The topological polar surface area (TPSA) is 118 Å². The minimum absolute atomic E-state index is 0.714. The van der Waals surface area contributed by atoms with E-state index in [0.717, 1.165) is 35.9 Å². The van der Waals surface area contributed by atoms with Gasteiger partial charge in [-0.05, 0) is 0 Å². The van der Waals surface area contributed by atoms with Gasteiger partial charge in [-0.1, -0.05) is 0 Å². The van der Waals surface area contributed by atoms with Gasteiger partial charge in [0.05, 0.1) is 5.41 Å². The molecule has 9 nitrogen and oxygen atoms in total. The van der Waals surface area contributed by atoms with E-state index < -0.39 is 33.3 Å². The smallest absolute Gasteiger partial charge is 0.337 e. The van der Waals surface area contributed by atoms with Gasteiger partial charge in [0, 0.05) is 30.5 Å². The summed E-state index contributed by atoms with van der Waals surface area (Å²) in [6.45, 7) is 0. The average Bonchev–Trinajstić information content (AvgIpc) is 2.63. The first-order valence-corrected chi connectivity index (χ1v) is 7.72. The summed E-state index contributed by atoms with van der Waals surface area (Å²) in [5.41, 5.74) is 0.714. The number of hydrogen-bond acceptors (Lipinski definition) is 9. The summed E-state index contributed by atoms with van der Waals surface area (Å²) in [7, 11) is -5.81. The Hall–Kier alpha value is -2.88.